The number of aromatic carboxylic acids is 1. The molecule has 6 heteroatoms. The summed E-state index contributed by atoms with van der Waals surface area (Å²) in [5, 5.41) is 20.0. The molecular formula is C9H10N2O4. The summed E-state index contributed by atoms with van der Waals surface area (Å²) in [5.41, 5.74) is -0.157. The van der Waals surface area contributed by atoms with E-state index in [0.29, 0.717) is 5.22 Å². The van der Waals surface area contributed by atoms with Crippen LogP contribution in [0.5, 0.6) is 0 Å². The van der Waals surface area contributed by atoms with Crippen molar-refractivity contribution in [2.24, 2.45) is 0 Å². The molecule has 0 aliphatic carbocycles. The number of H-pyrrole nitrogens is 1. The fourth-order valence-corrected chi connectivity index (χ4v) is 1.20. The Hall–Kier alpha value is -2.11. The fourth-order valence-electron chi connectivity index (χ4n) is 1.20. The molecule has 0 saturated heterocycles. The number of carboxylic acid groups (broad SMARTS) is 1. The first-order chi connectivity index (χ1) is 6.97. The van der Waals surface area contributed by atoms with E-state index in [0.717, 1.165) is 0 Å². The van der Waals surface area contributed by atoms with Crippen LogP contribution in [0.1, 0.15) is 24.3 Å². The van der Waals surface area contributed by atoms with Crippen molar-refractivity contribution in [3.8, 4) is 0 Å². The zero-order valence-corrected chi connectivity index (χ0v) is 8.27. The minimum Gasteiger partial charge on any atom is -0.477 e. The Balaban J connectivity index is 3.64. The van der Waals surface area contributed by atoms with Crippen LogP contribution in [-0.4, -0.2) is 21.0 Å². The maximum atomic E-state index is 10.7. The van der Waals surface area contributed by atoms with Crippen molar-refractivity contribution in [3.05, 3.63) is 32.4 Å². The lowest BCUT2D eigenvalue weighted by atomic mass is 10.3. The predicted octanol–water partition coefficient (Wildman–Crippen LogP) is -0.0819. The van der Waals surface area contributed by atoms with Crippen molar-refractivity contribution < 1.29 is 14.8 Å². The average Bonchev–Trinajstić information content (AvgIpc) is 2.59. The van der Waals surface area contributed by atoms with Gasteiger partial charge in [-0.15, -0.1) is 0 Å². The minimum atomic E-state index is -1.14. The van der Waals surface area contributed by atoms with Gasteiger partial charge in [0.2, 0.25) is 0 Å². The summed E-state index contributed by atoms with van der Waals surface area (Å²) >= 11 is 0. The molecule has 0 bridgehead atoms. The van der Waals surface area contributed by atoms with Crippen LogP contribution in [0.25, 0.3) is 11.8 Å². The summed E-state index contributed by atoms with van der Waals surface area (Å²) in [5.74, 6) is -1.14. The standard InChI is InChI=1S/C9H10N2O4/c1-3-6-4-7(9(12)13)10-8(6)5(2)11(14)15/h3-4,10H,1-2H3,(H,12,13)/b6-3-,8-5-. The SMILES string of the molecule is C/C=c1/cc(C(=O)O)[nH]/c1=C(/C)[N+](=O)[O-]. The molecule has 0 amide bonds. The molecule has 0 atom stereocenters. The van der Waals surface area contributed by atoms with E-state index in [4.69, 9.17) is 5.11 Å². The van der Waals surface area contributed by atoms with Crippen molar-refractivity contribution in [2.45, 2.75) is 13.8 Å². The molecular weight excluding hydrogens is 200 g/mol. The first kappa shape index (κ1) is 11.0. The summed E-state index contributed by atoms with van der Waals surface area (Å²) in [6.07, 6.45) is 1.62. The van der Waals surface area contributed by atoms with Gasteiger partial charge in [-0.3, -0.25) is 10.1 Å². The highest BCUT2D eigenvalue weighted by atomic mass is 16.6. The number of carboxylic acids is 1. The van der Waals surface area contributed by atoms with E-state index < -0.39 is 10.9 Å². The molecule has 1 rings (SSSR count). The quantitative estimate of drug-likeness (QED) is 0.527. The van der Waals surface area contributed by atoms with Crippen LogP contribution >= 0.6 is 0 Å². The number of nitrogens with one attached hydrogen (secondary N) is 1. The largest absolute Gasteiger partial charge is 0.477 e. The highest BCUT2D eigenvalue weighted by Crippen LogP contribution is 1.91. The molecule has 15 heavy (non-hydrogen) atoms. The van der Waals surface area contributed by atoms with E-state index in [1.807, 2.05) is 0 Å². The summed E-state index contributed by atoms with van der Waals surface area (Å²) in [6, 6.07) is 1.37. The molecule has 0 aromatic carbocycles. The number of nitrogens with zero attached hydrogens (tertiary/aromatic N) is 1. The molecule has 1 heterocycles. The van der Waals surface area contributed by atoms with Crippen LogP contribution in [-0.2, 0) is 0 Å². The maximum absolute atomic E-state index is 10.7. The topological polar surface area (TPSA) is 96.2 Å². The summed E-state index contributed by atoms with van der Waals surface area (Å²) in [6.45, 7) is 3.01. The lowest BCUT2D eigenvalue weighted by Gasteiger charge is -1.87. The van der Waals surface area contributed by atoms with Gasteiger partial charge in [-0.1, -0.05) is 6.08 Å². The Morgan fingerprint density at radius 1 is 1.67 bits per heavy atom. The number of hydrogen-bond acceptors (Lipinski definition) is 3. The molecule has 0 spiro atoms. The molecule has 6 nitrogen and oxygen atoms in total. The Bertz CT molecular complexity index is 527. The number of rotatable bonds is 2. The fraction of sp³-hybridized carbons (Fsp3) is 0.222. The van der Waals surface area contributed by atoms with E-state index in [1.54, 1.807) is 13.0 Å². The van der Waals surface area contributed by atoms with E-state index in [9.17, 15) is 14.9 Å². The Kier molecular flexibility index (Phi) is 2.89. The lowest BCUT2D eigenvalue weighted by molar-refractivity contribution is -0.379. The number of aromatic amines is 1. The third-order valence-electron chi connectivity index (χ3n) is 2.03. The zero-order chi connectivity index (χ0) is 11.6. The molecule has 0 radical (unpaired) electrons. The Labute approximate surface area is 84.7 Å². The van der Waals surface area contributed by atoms with Crippen LogP contribution in [0, 0.1) is 10.1 Å². The number of aromatic nitrogens is 1. The Morgan fingerprint density at radius 2 is 2.27 bits per heavy atom. The second-order valence-electron chi connectivity index (χ2n) is 2.95. The number of carbonyl (C=O) groups is 1. The average molecular weight is 210 g/mol. The van der Waals surface area contributed by atoms with Gasteiger partial charge in [0.05, 0.1) is 4.92 Å². The highest BCUT2D eigenvalue weighted by Gasteiger charge is 2.10. The molecule has 2 N–H and O–H groups in total. The van der Waals surface area contributed by atoms with E-state index in [-0.39, 0.29) is 16.7 Å². The number of hydrogen-bond donors (Lipinski definition) is 2. The van der Waals surface area contributed by atoms with Gasteiger partial charge < -0.3 is 10.1 Å². The van der Waals surface area contributed by atoms with Crippen molar-refractivity contribution in [1.29, 1.82) is 0 Å². The van der Waals surface area contributed by atoms with Gasteiger partial charge in [0.25, 0.3) is 5.70 Å². The zero-order valence-electron chi connectivity index (χ0n) is 8.27. The van der Waals surface area contributed by atoms with Gasteiger partial charge in [-0.2, -0.15) is 0 Å². The lowest BCUT2D eigenvalue weighted by Crippen LogP contribution is -2.26. The third kappa shape index (κ3) is 2.04. The van der Waals surface area contributed by atoms with Gasteiger partial charge >= 0.3 is 5.97 Å². The second kappa shape index (κ2) is 3.95. The molecule has 1 aromatic heterocycles. The summed E-state index contributed by atoms with van der Waals surface area (Å²) in [7, 11) is 0. The van der Waals surface area contributed by atoms with Gasteiger partial charge in [0, 0.05) is 12.1 Å². The van der Waals surface area contributed by atoms with Gasteiger partial charge in [-0.05, 0) is 13.0 Å². The summed E-state index contributed by atoms with van der Waals surface area (Å²) < 4.78 is 0. The van der Waals surface area contributed by atoms with Crippen LogP contribution in [0.3, 0.4) is 0 Å². The molecule has 0 fully saturated rings. The molecule has 0 aliphatic heterocycles. The highest BCUT2D eigenvalue weighted by molar-refractivity contribution is 5.85. The first-order valence-corrected chi connectivity index (χ1v) is 4.21. The van der Waals surface area contributed by atoms with Crippen molar-refractivity contribution in [3.63, 3.8) is 0 Å². The van der Waals surface area contributed by atoms with E-state index in [1.165, 1.54) is 13.0 Å². The third-order valence-corrected chi connectivity index (χ3v) is 2.03. The van der Waals surface area contributed by atoms with Crippen molar-refractivity contribution in [1.82, 2.24) is 4.98 Å². The summed E-state index contributed by atoms with van der Waals surface area (Å²) in [4.78, 5) is 23.1. The number of nitro groups is 1. The first-order valence-electron chi connectivity index (χ1n) is 4.21. The van der Waals surface area contributed by atoms with Crippen molar-refractivity contribution >= 4 is 17.7 Å². The predicted molar refractivity (Wildman–Crippen MR) is 53.2 cm³/mol. The van der Waals surface area contributed by atoms with Crippen LogP contribution in [0.4, 0.5) is 0 Å². The monoisotopic (exact) mass is 210 g/mol. The van der Waals surface area contributed by atoms with E-state index in [2.05, 4.69) is 4.98 Å². The van der Waals surface area contributed by atoms with Gasteiger partial charge in [-0.25, -0.2) is 4.79 Å². The second-order valence-corrected chi connectivity index (χ2v) is 2.95. The molecule has 0 saturated carbocycles. The van der Waals surface area contributed by atoms with Gasteiger partial charge in [0.15, 0.2) is 0 Å². The van der Waals surface area contributed by atoms with Crippen LogP contribution < -0.4 is 10.6 Å². The molecule has 80 valence electrons. The maximum Gasteiger partial charge on any atom is 0.352 e. The van der Waals surface area contributed by atoms with Gasteiger partial charge in [0.1, 0.15) is 11.0 Å². The molecule has 0 aliphatic rings. The molecule has 0 unspecified atom stereocenters. The van der Waals surface area contributed by atoms with Crippen molar-refractivity contribution in [2.75, 3.05) is 0 Å². The van der Waals surface area contributed by atoms with Crippen LogP contribution in [0.2, 0.25) is 0 Å². The van der Waals surface area contributed by atoms with Crippen LogP contribution in [0.15, 0.2) is 6.07 Å². The van der Waals surface area contributed by atoms with E-state index >= 15 is 0 Å². The Morgan fingerprint density at radius 3 is 2.67 bits per heavy atom. The normalized spacial score (nSPS) is 13.9. The smallest absolute Gasteiger partial charge is 0.352 e. The minimum absolute atomic E-state index is 0.0562. The molecule has 1 aromatic rings.